The summed E-state index contributed by atoms with van der Waals surface area (Å²) in [4.78, 5) is 6.94. The highest BCUT2D eigenvalue weighted by Gasteiger charge is 2.14. The summed E-state index contributed by atoms with van der Waals surface area (Å²) in [5.41, 5.74) is 9.02. The largest absolute Gasteiger partial charge is 0.493 e. The van der Waals surface area contributed by atoms with Gasteiger partial charge in [-0.25, -0.2) is 4.98 Å². The van der Waals surface area contributed by atoms with Gasteiger partial charge in [-0.3, -0.25) is 0 Å². The molecule has 0 aliphatic heterocycles. The fourth-order valence-corrected chi connectivity index (χ4v) is 4.57. The van der Waals surface area contributed by atoms with E-state index in [1.54, 1.807) is 18.4 Å². The molecule has 0 radical (unpaired) electrons. The topological polar surface area (TPSA) is 60.6 Å². The van der Waals surface area contributed by atoms with Gasteiger partial charge in [0, 0.05) is 24.7 Å². The second-order valence-corrected chi connectivity index (χ2v) is 8.52. The third-order valence-electron chi connectivity index (χ3n) is 4.85. The molecule has 4 rings (SSSR count). The van der Waals surface area contributed by atoms with Gasteiger partial charge in [0.2, 0.25) is 0 Å². The molecule has 1 aromatic heterocycles. The quantitative estimate of drug-likeness (QED) is 0.362. The first-order valence-electron chi connectivity index (χ1n) is 10.0. The number of anilines is 1. The first kappa shape index (κ1) is 21.4. The van der Waals surface area contributed by atoms with Crippen LogP contribution in [0.1, 0.15) is 11.1 Å². The molecule has 1 heterocycles. The summed E-state index contributed by atoms with van der Waals surface area (Å²) in [5, 5.41) is 1.63. The summed E-state index contributed by atoms with van der Waals surface area (Å²) in [5.74, 6) is 1.42. The minimum absolute atomic E-state index is 0.490. The first-order chi connectivity index (χ1) is 15.2. The Morgan fingerprint density at radius 2 is 1.84 bits per heavy atom. The maximum Gasteiger partial charge on any atom is 0.186 e. The standard InChI is InChI=1S/C24H24ClN3O2S/c1-29-22-13-18(7-10-21(22)30-16-17-5-3-2-4-6-17)15-28(12-11-26)24-27-20-9-8-19(25)14-23(20)31-24/h2-10,13-14H,11-12,15-16,26H2,1H3. The molecule has 160 valence electrons. The van der Waals surface area contributed by atoms with Crippen LogP contribution in [0.25, 0.3) is 10.2 Å². The van der Waals surface area contributed by atoms with E-state index in [0.29, 0.717) is 37.0 Å². The number of ether oxygens (including phenoxy) is 2. The maximum absolute atomic E-state index is 6.13. The molecule has 0 atom stereocenters. The van der Waals surface area contributed by atoms with Crippen LogP contribution in [0.2, 0.25) is 5.02 Å². The SMILES string of the molecule is COc1cc(CN(CCN)c2nc3ccc(Cl)cc3s2)ccc1OCc1ccccc1. The third kappa shape index (κ3) is 5.28. The lowest BCUT2D eigenvalue weighted by Crippen LogP contribution is -2.28. The van der Waals surface area contributed by atoms with E-state index in [2.05, 4.69) is 11.0 Å². The highest BCUT2D eigenvalue weighted by atomic mass is 35.5. The molecule has 31 heavy (non-hydrogen) atoms. The number of nitrogens with two attached hydrogens (primary N) is 1. The van der Waals surface area contributed by atoms with Crippen molar-refractivity contribution in [2.24, 2.45) is 5.73 Å². The van der Waals surface area contributed by atoms with Crippen LogP contribution in [-0.4, -0.2) is 25.2 Å². The second-order valence-electron chi connectivity index (χ2n) is 7.08. The maximum atomic E-state index is 6.13. The van der Waals surface area contributed by atoms with Crippen LogP contribution in [0.3, 0.4) is 0 Å². The molecule has 0 aliphatic rings. The summed E-state index contributed by atoms with van der Waals surface area (Å²) < 4.78 is 12.6. The lowest BCUT2D eigenvalue weighted by atomic mass is 10.2. The van der Waals surface area contributed by atoms with Crippen LogP contribution in [0, 0.1) is 0 Å². The molecule has 0 amide bonds. The number of thiazole rings is 1. The van der Waals surface area contributed by atoms with E-state index >= 15 is 0 Å². The van der Waals surface area contributed by atoms with Crippen molar-refractivity contribution in [1.82, 2.24) is 4.98 Å². The molecule has 0 saturated heterocycles. The fraction of sp³-hybridized carbons (Fsp3) is 0.208. The predicted molar refractivity (Wildman–Crippen MR) is 129 cm³/mol. The molecule has 4 aromatic rings. The van der Waals surface area contributed by atoms with Gasteiger partial charge in [-0.05, 0) is 41.5 Å². The van der Waals surface area contributed by atoms with Gasteiger partial charge < -0.3 is 20.1 Å². The van der Waals surface area contributed by atoms with Crippen LogP contribution >= 0.6 is 22.9 Å². The van der Waals surface area contributed by atoms with E-state index in [0.717, 1.165) is 32.2 Å². The molecule has 3 aromatic carbocycles. The average Bonchev–Trinajstić information content (AvgIpc) is 3.21. The molecule has 0 saturated carbocycles. The molecule has 0 bridgehead atoms. The number of rotatable bonds is 9. The van der Waals surface area contributed by atoms with Crippen molar-refractivity contribution in [2.75, 3.05) is 25.1 Å². The van der Waals surface area contributed by atoms with Gasteiger partial charge in [0.15, 0.2) is 16.6 Å². The van der Waals surface area contributed by atoms with Crippen molar-refractivity contribution in [3.63, 3.8) is 0 Å². The molecular formula is C24H24ClN3O2S. The zero-order valence-corrected chi connectivity index (χ0v) is 18.8. The Balaban J connectivity index is 1.52. The number of halogens is 1. The highest BCUT2D eigenvalue weighted by molar-refractivity contribution is 7.22. The molecule has 0 unspecified atom stereocenters. The van der Waals surface area contributed by atoms with E-state index in [4.69, 9.17) is 31.8 Å². The minimum Gasteiger partial charge on any atom is -0.493 e. The number of methoxy groups -OCH3 is 1. The zero-order valence-electron chi connectivity index (χ0n) is 17.3. The second kappa shape index (κ2) is 10.0. The lowest BCUT2D eigenvalue weighted by Gasteiger charge is -2.22. The van der Waals surface area contributed by atoms with Gasteiger partial charge in [0.25, 0.3) is 0 Å². The van der Waals surface area contributed by atoms with Crippen LogP contribution in [-0.2, 0) is 13.2 Å². The number of benzene rings is 3. The summed E-state index contributed by atoms with van der Waals surface area (Å²) in [6.45, 7) is 2.39. The van der Waals surface area contributed by atoms with Crippen molar-refractivity contribution in [3.05, 3.63) is 82.9 Å². The van der Waals surface area contributed by atoms with E-state index in [-0.39, 0.29) is 0 Å². The van der Waals surface area contributed by atoms with Crippen LogP contribution in [0.15, 0.2) is 66.7 Å². The third-order valence-corrected chi connectivity index (χ3v) is 6.16. The summed E-state index contributed by atoms with van der Waals surface area (Å²) in [7, 11) is 1.66. The van der Waals surface area contributed by atoms with Crippen LogP contribution in [0.4, 0.5) is 5.13 Å². The van der Waals surface area contributed by atoms with Crippen LogP contribution < -0.4 is 20.1 Å². The number of hydrogen-bond donors (Lipinski definition) is 1. The van der Waals surface area contributed by atoms with E-state index < -0.39 is 0 Å². The van der Waals surface area contributed by atoms with Gasteiger partial charge in [0.05, 0.1) is 17.3 Å². The van der Waals surface area contributed by atoms with Gasteiger partial charge in [-0.1, -0.05) is 59.3 Å². The molecule has 7 heteroatoms. The number of nitrogens with zero attached hydrogens (tertiary/aromatic N) is 2. The van der Waals surface area contributed by atoms with Crippen LogP contribution in [0.5, 0.6) is 11.5 Å². The van der Waals surface area contributed by atoms with E-state index in [1.165, 1.54) is 0 Å². The highest BCUT2D eigenvalue weighted by Crippen LogP contribution is 2.33. The van der Waals surface area contributed by atoms with Gasteiger partial charge in [-0.2, -0.15) is 0 Å². The zero-order chi connectivity index (χ0) is 21.6. The van der Waals surface area contributed by atoms with Crippen molar-refractivity contribution >= 4 is 38.3 Å². The Bertz CT molecular complexity index is 1150. The Kier molecular flexibility index (Phi) is 6.92. The van der Waals surface area contributed by atoms with E-state index in [1.807, 2.05) is 60.7 Å². The van der Waals surface area contributed by atoms with Gasteiger partial charge in [-0.15, -0.1) is 0 Å². The number of aromatic nitrogens is 1. The molecule has 2 N–H and O–H groups in total. The average molecular weight is 454 g/mol. The fourth-order valence-electron chi connectivity index (χ4n) is 3.31. The molecule has 5 nitrogen and oxygen atoms in total. The monoisotopic (exact) mass is 453 g/mol. The summed E-state index contributed by atoms with van der Waals surface area (Å²) >= 11 is 7.75. The Labute approximate surface area is 191 Å². The first-order valence-corrected chi connectivity index (χ1v) is 11.2. The molecule has 0 fully saturated rings. The van der Waals surface area contributed by atoms with Crippen molar-refractivity contribution in [3.8, 4) is 11.5 Å². The normalized spacial score (nSPS) is 10.9. The summed E-state index contributed by atoms with van der Waals surface area (Å²) in [6, 6.07) is 21.8. The lowest BCUT2D eigenvalue weighted by molar-refractivity contribution is 0.284. The molecular weight excluding hydrogens is 430 g/mol. The van der Waals surface area contributed by atoms with Crippen molar-refractivity contribution in [1.29, 1.82) is 0 Å². The number of fused-ring (bicyclic) bond motifs is 1. The van der Waals surface area contributed by atoms with E-state index in [9.17, 15) is 0 Å². The predicted octanol–water partition coefficient (Wildman–Crippen LogP) is 5.50. The smallest absolute Gasteiger partial charge is 0.186 e. The Morgan fingerprint density at radius 1 is 1.00 bits per heavy atom. The van der Waals surface area contributed by atoms with Gasteiger partial charge in [0.1, 0.15) is 6.61 Å². The molecule has 0 spiro atoms. The van der Waals surface area contributed by atoms with Gasteiger partial charge >= 0.3 is 0 Å². The Morgan fingerprint density at radius 3 is 2.61 bits per heavy atom. The number of hydrogen-bond acceptors (Lipinski definition) is 6. The minimum atomic E-state index is 0.490. The summed E-state index contributed by atoms with van der Waals surface area (Å²) in [6.07, 6.45) is 0. The van der Waals surface area contributed by atoms with Crippen molar-refractivity contribution < 1.29 is 9.47 Å². The van der Waals surface area contributed by atoms with Crippen molar-refractivity contribution in [2.45, 2.75) is 13.2 Å². The Hall–Kier alpha value is -2.80. The molecule has 0 aliphatic carbocycles.